The number of aromatic nitrogens is 4. The van der Waals surface area contributed by atoms with E-state index in [1.54, 1.807) is 11.3 Å². The summed E-state index contributed by atoms with van der Waals surface area (Å²) in [5.41, 5.74) is 3.02. The predicted molar refractivity (Wildman–Crippen MR) is 96.0 cm³/mol. The molecular formula is C17H20N6S. The summed E-state index contributed by atoms with van der Waals surface area (Å²) >= 11 is 1.74. The van der Waals surface area contributed by atoms with Crippen molar-refractivity contribution < 1.29 is 0 Å². The molecule has 2 saturated heterocycles. The molecule has 0 spiro atoms. The maximum atomic E-state index is 4.64. The summed E-state index contributed by atoms with van der Waals surface area (Å²) in [4.78, 5) is 14.0. The Morgan fingerprint density at radius 3 is 2.46 bits per heavy atom. The van der Waals surface area contributed by atoms with Crippen LogP contribution in [0.5, 0.6) is 0 Å². The van der Waals surface area contributed by atoms with Crippen molar-refractivity contribution in [1.82, 2.24) is 19.6 Å². The van der Waals surface area contributed by atoms with Crippen molar-refractivity contribution in [2.24, 2.45) is 11.8 Å². The van der Waals surface area contributed by atoms with Crippen molar-refractivity contribution in [2.45, 2.75) is 13.8 Å². The fourth-order valence-electron chi connectivity index (χ4n) is 4.13. The lowest BCUT2D eigenvalue weighted by Gasteiger charge is -2.23. The lowest BCUT2D eigenvalue weighted by atomic mass is 10.0. The van der Waals surface area contributed by atoms with E-state index in [9.17, 15) is 0 Å². The van der Waals surface area contributed by atoms with Gasteiger partial charge in [-0.25, -0.2) is 9.97 Å². The molecule has 0 radical (unpaired) electrons. The minimum absolute atomic E-state index is 0.703. The van der Waals surface area contributed by atoms with Gasteiger partial charge in [0.05, 0.1) is 5.69 Å². The standard InChI is InChI=1S/C17H20N6S/c1-11-6-16(23-15(19-11)5-12(2)20-23)21-7-13-9-22(10-14(13)8-21)17-18-3-4-24-17/h3-6,13-14H,7-10H2,1-2H3. The van der Waals surface area contributed by atoms with Crippen molar-refractivity contribution in [1.29, 1.82) is 0 Å². The van der Waals surface area contributed by atoms with Gasteiger partial charge >= 0.3 is 0 Å². The molecule has 0 saturated carbocycles. The molecule has 2 fully saturated rings. The van der Waals surface area contributed by atoms with Crippen LogP contribution >= 0.6 is 11.3 Å². The van der Waals surface area contributed by atoms with Gasteiger partial charge in [0, 0.05) is 67.4 Å². The number of anilines is 2. The summed E-state index contributed by atoms with van der Waals surface area (Å²) in [5, 5.41) is 7.87. The maximum Gasteiger partial charge on any atom is 0.185 e. The molecule has 2 aliphatic heterocycles. The summed E-state index contributed by atoms with van der Waals surface area (Å²) in [5.74, 6) is 2.59. The van der Waals surface area contributed by atoms with Gasteiger partial charge in [-0.2, -0.15) is 9.61 Å². The van der Waals surface area contributed by atoms with Crippen LogP contribution in [0.3, 0.4) is 0 Å². The minimum atomic E-state index is 0.703. The van der Waals surface area contributed by atoms with Gasteiger partial charge in [-0.15, -0.1) is 11.3 Å². The Bertz CT molecular complexity index is 872. The number of fused-ring (bicyclic) bond motifs is 2. The first-order chi connectivity index (χ1) is 11.7. The van der Waals surface area contributed by atoms with Gasteiger partial charge in [0.2, 0.25) is 0 Å². The van der Waals surface area contributed by atoms with Gasteiger partial charge in [0.15, 0.2) is 10.8 Å². The molecule has 7 heteroatoms. The van der Waals surface area contributed by atoms with Crippen LogP contribution < -0.4 is 9.80 Å². The molecule has 2 unspecified atom stereocenters. The first kappa shape index (κ1) is 14.2. The monoisotopic (exact) mass is 340 g/mol. The van der Waals surface area contributed by atoms with E-state index in [-0.39, 0.29) is 0 Å². The summed E-state index contributed by atoms with van der Waals surface area (Å²) in [6.07, 6.45) is 1.90. The summed E-state index contributed by atoms with van der Waals surface area (Å²) in [7, 11) is 0. The minimum Gasteiger partial charge on any atom is -0.356 e. The molecule has 0 bridgehead atoms. The average molecular weight is 340 g/mol. The van der Waals surface area contributed by atoms with E-state index in [2.05, 4.69) is 49.3 Å². The largest absolute Gasteiger partial charge is 0.356 e. The maximum absolute atomic E-state index is 4.64. The molecule has 2 aliphatic rings. The van der Waals surface area contributed by atoms with E-state index in [1.807, 2.05) is 17.6 Å². The average Bonchev–Trinajstić information content (AvgIpc) is 3.27. The zero-order valence-corrected chi connectivity index (χ0v) is 14.7. The first-order valence-corrected chi connectivity index (χ1v) is 9.29. The number of rotatable bonds is 2. The normalized spacial score (nSPS) is 23.4. The highest BCUT2D eigenvalue weighted by molar-refractivity contribution is 7.13. The van der Waals surface area contributed by atoms with E-state index < -0.39 is 0 Å². The molecule has 124 valence electrons. The number of hydrogen-bond donors (Lipinski definition) is 0. The highest BCUT2D eigenvalue weighted by atomic mass is 32.1. The highest BCUT2D eigenvalue weighted by Gasteiger charge is 2.41. The van der Waals surface area contributed by atoms with Gasteiger partial charge in [0.25, 0.3) is 0 Å². The molecular weight excluding hydrogens is 320 g/mol. The van der Waals surface area contributed by atoms with Gasteiger partial charge < -0.3 is 9.80 Å². The molecule has 0 N–H and O–H groups in total. The Morgan fingerprint density at radius 1 is 1.00 bits per heavy atom. The molecule has 0 aromatic carbocycles. The fraction of sp³-hybridized carbons (Fsp3) is 0.471. The van der Waals surface area contributed by atoms with Crippen LogP contribution in [0.2, 0.25) is 0 Å². The predicted octanol–water partition coefficient (Wildman–Crippen LogP) is 2.38. The molecule has 5 rings (SSSR count). The smallest absolute Gasteiger partial charge is 0.185 e. The van der Waals surface area contributed by atoms with Crippen LogP contribution in [0, 0.1) is 25.7 Å². The van der Waals surface area contributed by atoms with Crippen molar-refractivity contribution >= 4 is 27.9 Å². The summed E-state index contributed by atoms with van der Waals surface area (Å²) < 4.78 is 2.00. The fourth-order valence-corrected chi connectivity index (χ4v) is 4.79. The quantitative estimate of drug-likeness (QED) is 0.717. The highest BCUT2D eigenvalue weighted by Crippen LogP contribution is 2.36. The van der Waals surface area contributed by atoms with Crippen LogP contribution in [0.4, 0.5) is 10.9 Å². The summed E-state index contributed by atoms with van der Waals surface area (Å²) in [6.45, 7) is 8.49. The Balaban J connectivity index is 1.42. The van der Waals surface area contributed by atoms with E-state index in [1.165, 1.54) is 10.9 Å². The molecule has 5 heterocycles. The second-order valence-corrected chi connectivity index (χ2v) is 7.83. The van der Waals surface area contributed by atoms with Gasteiger partial charge in [-0.1, -0.05) is 0 Å². The lowest BCUT2D eigenvalue weighted by molar-refractivity contribution is 0.533. The third-order valence-electron chi connectivity index (χ3n) is 5.16. The molecule has 3 aromatic heterocycles. The van der Waals surface area contributed by atoms with Crippen molar-refractivity contribution in [3.63, 3.8) is 0 Å². The van der Waals surface area contributed by atoms with E-state index in [4.69, 9.17) is 0 Å². The van der Waals surface area contributed by atoms with Crippen LogP contribution in [-0.4, -0.2) is 45.8 Å². The number of thiazole rings is 1. The Kier molecular flexibility index (Phi) is 3.06. The first-order valence-electron chi connectivity index (χ1n) is 8.41. The summed E-state index contributed by atoms with van der Waals surface area (Å²) in [6, 6.07) is 4.22. The van der Waals surface area contributed by atoms with Crippen LogP contribution in [0.25, 0.3) is 5.65 Å². The molecule has 6 nitrogen and oxygen atoms in total. The zero-order valence-electron chi connectivity index (χ0n) is 13.9. The third-order valence-corrected chi connectivity index (χ3v) is 5.99. The third kappa shape index (κ3) is 2.18. The lowest BCUT2D eigenvalue weighted by Crippen LogP contribution is -2.30. The number of nitrogens with zero attached hydrogens (tertiary/aromatic N) is 6. The number of hydrogen-bond acceptors (Lipinski definition) is 6. The molecule has 0 aliphatic carbocycles. The number of aryl methyl sites for hydroxylation is 2. The van der Waals surface area contributed by atoms with Crippen molar-refractivity contribution in [3.8, 4) is 0 Å². The Hall–Kier alpha value is -2.15. The molecule has 3 aromatic rings. The van der Waals surface area contributed by atoms with E-state index >= 15 is 0 Å². The second-order valence-electron chi connectivity index (χ2n) is 6.96. The second kappa shape index (κ2) is 5.17. The zero-order chi connectivity index (χ0) is 16.3. The topological polar surface area (TPSA) is 49.6 Å². The van der Waals surface area contributed by atoms with Gasteiger partial charge in [0.1, 0.15) is 5.82 Å². The molecule has 2 atom stereocenters. The Labute approximate surface area is 144 Å². The molecule has 24 heavy (non-hydrogen) atoms. The van der Waals surface area contributed by atoms with Crippen LogP contribution in [0.15, 0.2) is 23.7 Å². The van der Waals surface area contributed by atoms with Gasteiger partial charge in [-0.3, -0.25) is 0 Å². The SMILES string of the molecule is Cc1cc(N2CC3CN(c4nccs4)CC3C2)n2nc(C)cc2n1. The van der Waals surface area contributed by atoms with Crippen LogP contribution in [-0.2, 0) is 0 Å². The van der Waals surface area contributed by atoms with Gasteiger partial charge in [-0.05, 0) is 13.8 Å². The molecule has 0 amide bonds. The van der Waals surface area contributed by atoms with Crippen molar-refractivity contribution in [2.75, 3.05) is 36.0 Å². The Morgan fingerprint density at radius 2 is 1.75 bits per heavy atom. The van der Waals surface area contributed by atoms with E-state index in [0.29, 0.717) is 11.8 Å². The van der Waals surface area contributed by atoms with Crippen molar-refractivity contribution in [3.05, 3.63) is 35.1 Å². The van der Waals surface area contributed by atoms with E-state index in [0.717, 1.165) is 43.2 Å². The van der Waals surface area contributed by atoms with Crippen LogP contribution in [0.1, 0.15) is 11.4 Å².